The highest BCUT2D eigenvalue weighted by molar-refractivity contribution is 9.10. The molecule has 0 spiro atoms. The summed E-state index contributed by atoms with van der Waals surface area (Å²) in [6.07, 6.45) is 1.55. The van der Waals surface area contributed by atoms with Crippen LogP contribution in [0.5, 0.6) is 11.5 Å². The predicted octanol–water partition coefficient (Wildman–Crippen LogP) is 4.51. The second kappa shape index (κ2) is 11.0. The Kier molecular flexibility index (Phi) is 8.14. The molecule has 10 heteroatoms. The molecule has 1 heterocycles. The zero-order valence-electron chi connectivity index (χ0n) is 17.8. The van der Waals surface area contributed by atoms with Crippen molar-refractivity contribution < 1.29 is 28.6 Å². The molecular formula is C23H19BrN2O6S. The largest absolute Gasteiger partial charge is 0.493 e. The number of nitrogens with zero attached hydrogens (tertiary/aromatic N) is 2. The second-order valence-corrected chi connectivity index (χ2v) is 8.55. The van der Waals surface area contributed by atoms with Gasteiger partial charge in [-0.3, -0.25) is 19.3 Å². The van der Waals surface area contributed by atoms with Crippen molar-refractivity contribution in [2.45, 2.75) is 13.5 Å². The van der Waals surface area contributed by atoms with Gasteiger partial charge in [0.2, 0.25) is 0 Å². The SMILES string of the molecule is CCOC(=O)CN1C(=O)S/C(=C/c2cc(Br)c(OCc3ccc(C#N)cc3)c(OC)c2)C1=O. The minimum Gasteiger partial charge on any atom is -0.493 e. The number of benzene rings is 2. The van der Waals surface area contributed by atoms with Gasteiger partial charge in [-0.1, -0.05) is 12.1 Å². The molecular weight excluding hydrogens is 512 g/mol. The zero-order chi connectivity index (χ0) is 24.0. The molecule has 0 aliphatic carbocycles. The first-order chi connectivity index (χ1) is 15.9. The first kappa shape index (κ1) is 24.4. The van der Waals surface area contributed by atoms with Crippen LogP contribution in [-0.2, 0) is 20.9 Å². The molecule has 33 heavy (non-hydrogen) atoms. The number of hydrogen-bond donors (Lipinski definition) is 0. The summed E-state index contributed by atoms with van der Waals surface area (Å²) in [5, 5.41) is 8.37. The number of carbonyl (C=O) groups excluding carboxylic acids is 3. The third kappa shape index (κ3) is 5.94. The number of ether oxygens (including phenoxy) is 3. The van der Waals surface area contributed by atoms with Crippen LogP contribution in [0.2, 0.25) is 0 Å². The van der Waals surface area contributed by atoms with Crippen LogP contribution in [0.25, 0.3) is 6.08 Å². The van der Waals surface area contributed by atoms with Crippen LogP contribution >= 0.6 is 27.7 Å². The summed E-state index contributed by atoms with van der Waals surface area (Å²) >= 11 is 4.22. The van der Waals surface area contributed by atoms with Gasteiger partial charge in [0.15, 0.2) is 11.5 Å². The quantitative estimate of drug-likeness (QED) is 0.362. The molecule has 3 rings (SSSR count). The maximum absolute atomic E-state index is 12.6. The van der Waals surface area contributed by atoms with Gasteiger partial charge in [-0.25, -0.2) is 0 Å². The monoisotopic (exact) mass is 530 g/mol. The van der Waals surface area contributed by atoms with E-state index in [1.807, 2.05) is 0 Å². The van der Waals surface area contributed by atoms with E-state index in [0.717, 1.165) is 22.2 Å². The number of imide groups is 1. The number of esters is 1. The Labute approximate surface area is 203 Å². The summed E-state index contributed by atoms with van der Waals surface area (Å²) in [7, 11) is 1.49. The molecule has 8 nitrogen and oxygen atoms in total. The molecule has 0 radical (unpaired) electrons. The lowest BCUT2D eigenvalue weighted by Crippen LogP contribution is -2.34. The van der Waals surface area contributed by atoms with Crippen LogP contribution in [0.4, 0.5) is 4.79 Å². The number of methoxy groups -OCH3 is 1. The molecule has 2 aromatic rings. The average Bonchev–Trinajstić information content (AvgIpc) is 3.05. The standard InChI is InChI=1S/C23H19BrN2O6S/c1-3-31-20(27)12-26-22(28)19(33-23(26)29)10-16-8-17(24)21(18(9-16)30-2)32-13-15-6-4-14(11-25)5-7-15/h4-10H,3,12-13H2,1-2H3/b19-10+. The van der Waals surface area contributed by atoms with Crippen LogP contribution in [0.15, 0.2) is 45.8 Å². The zero-order valence-corrected chi connectivity index (χ0v) is 20.2. The predicted molar refractivity (Wildman–Crippen MR) is 125 cm³/mol. The van der Waals surface area contributed by atoms with Gasteiger partial charge in [-0.05, 0) is 76.1 Å². The highest BCUT2D eigenvalue weighted by Crippen LogP contribution is 2.39. The fraction of sp³-hybridized carbons (Fsp3) is 0.217. The Morgan fingerprint density at radius 1 is 1.24 bits per heavy atom. The first-order valence-corrected chi connectivity index (χ1v) is 11.4. The van der Waals surface area contributed by atoms with E-state index in [1.54, 1.807) is 49.4 Å². The molecule has 2 aromatic carbocycles. The lowest BCUT2D eigenvalue weighted by atomic mass is 10.1. The first-order valence-electron chi connectivity index (χ1n) is 9.76. The van der Waals surface area contributed by atoms with Crippen molar-refractivity contribution in [2.24, 2.45) is 0 Å². The molecule has 1 aliphatic rings. The van der Waals surface area contributed by atoms with Crippen molar-refractivity contribution in [3.05, 3.63) is 62.5 Å². The van der Waals surface area contributed by atoms with Crippen molar-refractivity contribution in [3.63, 3.8) is 0 Å². The summed E-state index contributed by atoms with van der Waals surface area (Å²) in [6, 6.07) is 12.5. The molecule has 0 unspecified atom stereocenters. The fourth-order valence-corrected chi connectivity index (χ4v) is 4.33. The number of rotatable bonds is 8. The summed E-state index contributed by atoms with van der Waals surface area (Å²) in [5.41, 5.74) is 2.04. The molecule has 0 N–H and O–H groups in total. The minimum absolute atomic E-state index is 0.165. The Hall–Kier alpha value is -3.29. The molecule has 0 saturated carbocycles. The lowest BCUT2D eigenvalue weighted by molar-refractivity contribution is -0.145. The fourth-order valence-electron chi connectivity index (χ4n) is 2.92. The van der Waals surface area contributed by atoms with Crippen molar-refractivity contribution in [3.8, 4) is 17.6 Å². The third-order valence-electron chi connectivity index (χ3n) is 4.48. The molecule has 0 atom stereocenters. The molecule has 0 aromatic heterocycles. The van der Waals surface area contributed by atoms with E-state index < -0.39 is 23.7 Å². The maximum atomic E-state index is 12.6. The number of thioether (sulfide) groups is 1. The Balaban J connectivity index is 1.78. The van der Waals surface area contributed by atoms with Crippen molar-refractivity contribution in [1.82, 2.24) is 4.90 Å². The number of carbonyl (C=O) groups is 3. The Morgan fingerprint density at radius 2 is 1.97 bits per heavy atom. The highest BCUT2D eigenvalue weighted by atomic mass is 79.9. The average molecular weight is 531 g/mol. The molecule has 1 fully saturated rings. The van der Waals surface area contributed by atoms with E-state index in [0.29, 0.717) is 27.1 Å². The Bertz CT molecular complexity index is 1160. The van der Waals surface area contributed by atoms with E-state index in [1.165, 1.54) is 7.11 Å². The highest BCUT2D eigenvalue weighted by Gasteiger charge is 2.36. The maximum Gasteiger partial charge on any atom is 0.326 e. The van der Waals surface area contributed by atoms with Gasteiger partial charge >= 0.3 is 5.97 Å². The normalized spacial score (nSPS) is 14.4. The van der Waals surface area contributed by atoms with Crippen molar-refractivity contribution in [1.29, 1.82) is 5.26 Å². The van der Waals surface area contributed by atoms with Crippen LogP contribution in [0.3, 0.4) is 0 Å². The molecule has 1 saturated heterocycles. The lowest BCUT2D eigenvalue weighted by Gasteiger charge is -2.14. The number of halogens is 1. The van der Waals surface area contributed by atoms with E-state index in [2.05, 4.69) is 22.0 Å². The smallest absolute Gasteiger partial charge is 0.326 e. The second-order valence-electron chi connectivity index (χ2n) is 6.70. The topological polar surface area (TPSA) is 106 Å². The molecule has 2 amide bonds. The van der Waals surface area contributed by atoms with E-state index in [9.17, 15) is 14.4 Å². The molecule has 170 valence electrons. The molecule has 0 bridgehead atoms. The van der Waals surface area contributed by atoms with Crippen LogP contribution in [-0.4, -0.2) is 42.3 Å². The van der Waals surface area contributed by atoms with Crippen LogP contribution in [0.1, 0.15) is 23.6 Å². The third-order valence-corrected chi connectivity index (χ3v) is 5.98. The molecule has 1 aliphatic heterocycles. The number of nitriles is 1. The van der Waals surface area contributed by atoms with Gasteiger partial charge in [0, 0.05) is 0 Å². The van der Waals surface area contributed by atoms with Crippen molar-refractivity contribution in [2.75, 3.05) is 20.3 Å². The summed E-state index contributed by atoms with van der Waals surface area (Å²) < 4.78 is 16.8. The van der Waals surface area contributed by atoms with Gasteiger partial charge in [0.05, 0.1) is 34.7 Å². The van der Waals surface area contributed by atoms with Gasteiger partial charge in [0.25, 0.3) is 11.1 Å². The van der Waals surface area contributed by atoms with Crippen LogP contribution < -0.4 is 9.47 Å². The van der Waals surface area contributed by atoms with E-state index in [4.69, 9.17) is 19.5 Å². The van der Waals surface area contributed by atoms with Gasteiger partial charge in [-0.2, -0.15) is 5.26 Å². The van der Waals surface area contributed by atoms with E-state index >= 15 is 0 Å². The van der Waals surface area contributed by atoms with Gasteiger partial charge in [0.1, 0.15) is 13.2 Å². The van der Waals surface area contributed by atoms with E-state index in [-0.39, 0.29) is 18.1 Å². The van der Waals surface area contributed by atoms with Crippen molar-refractivity contribution >= 4 is 50.9 Å². The number of hydrogen-bond acceptors (Lipinski definition) is 8. The Morgan fingerprint density at radius 3 is 2.61 bits per heavy atom. The van der Waals surface area contributed by atoms with Crippen LogP contribution in [0, 0.1) is 11.3 Å². The summed E-state index contributed by atoms with van der Waals surface area (Å²) in [4.78, 5) is 37.5. The summed E-state index contributed by atoms with van der Waals surface area (Å²) in [6.45, 7) is 1.64. The number of amides is 2. The minimum atomic E-state index is -0.644. The summed E-state index contributed by atoms with van der Waals surface area (Å²) in [5.74, 6) is -0.312. The van der Waals surface area contributed by atoms with Gasteiger partial charge < -0.3 is 14.2 Å². The van der Waals surface area contributed by atoms with Gasteiger partial charge in [-0.15, -0.1) is 0 Å².